The Balaban J connectivity index is -0.000000208. The second-order valence-electron chi connectivity index (χ2n) is 35.0. The van der Waals surface area contributed by atoms with E-state index < -0.39 is 86.7 Å². The monoisotopic (exact) mass is 1750 g/mol. The van der Waals surface area contributed by atoms with Gasteiger partial charge in [0.05, 0.1) is 32.3 Å². The fraction of sp³-hybridized carbons (Fsp3) is 0.541. The van der Waals surface area contributed by atoms with E-state index in [9.17, 15) is 26.3 Å². The van der Waals surface area contributed by atoms with Crippen LogP contribution in [0.25, 0.3) is 0 Å². The van der Waals surface area contributed by atoms with Crippen LogP contribution in [-0.2, 0) is 54.0 Å². The van der Waals surface area contributed by atoms with Crippen molar-refractivity contribution in [2.24, 2.45) is 0 Å². The third kappa shape index (κ3) is 49.3. The molecule has 0 fully saturated rings. The molecule has 0 aromatic carbocycles. The average Bonchev–Trinajstić information content (AvgIpc) is 0.832. The number of hydrogen-bond donors (Lipinski definition) is 0. The van der Waals surface area contributed by atoms with E-state index in [1.165, 1.54) is 58.3 Å². The first-order valence-corrected chi connectivity index (χ1v) is 71.2. The van der Waals surface area contributed by atoms with Gasteiger partial charge in [0.25, 0.3) is 0 Å². The molecule has 6 aromatic heterocycles. The van der Waals surface area contributed by atoms with Crippen LogP contribution in [0, 0.1) is 65.0 Å². The van der Waals surface area contributed by atoms with Gasteiger partial charge in [-0.05, 0) is 134 Å². The molecule has 0 atom stereocenters. The second kappa shape index (κ2) is 52.5. The summed E-state index contributed by atoms with van der Waals surface area (Å²) in [6, 6.07) is 30.5. The summed E-state index contributed by atoms with van der Waals surface area (Å²) in [6.07, 6.45) is 2.28. The van der Waals surface area contributed by atoms with Crippen molar-refractivity contribution in [3.8, 4) is 0 Å². The van der Waals surface area contributed by atoms with E-state index in [0.717, 1.165) is 48.1 Å². The van der Waals surface area contributed by atoms with Gasteiger partial charge in [-0.25, -0.2) is 15.0 Å². The smallest absolute Gasteiger partial charge is 1.00 e. The zero-order valence-corrected chi connectivity index (χ0v) is 83.8. The Morgan fingerprint density at radius 1 is 0.350 bits per heavy atom. The van der Waals surface area contributed by atoms with Crippen LogP contribution in [0.3, 0.4) is 0 Å². The van der Waals surface area contributed by atoms with Gasteiger partial charge in [0, 0.05) is 30.3 Å². The summed E-state index contributed by atoms with van der Waals surface area (Å²) < 4.78 is 83.0. The summed E-state index contributed by atoms with van der Waals surface area (Å²) in [5.41, 5.74) is 5.32. The maximum atomic E-state index is 13.2. The Hall–Kier alpha value is -0.738. The van der Waals surface area contributed by atoms with Crippen LogP contribution in [-0.4, -0.2) is 124 Å². The SMILES string of the molecule is CCOCC.C[Si](C)(C)C(c1cccc(F)n1)[Si](C)(C)C.C[Si](C)(C)C(c1cccc(F)n1)[Si](C)(C)C.C[Si](C)(C)[C-](c1cccc(F)n1)[Si](C)(C)C.C[Si](C)(C)[C-](c1cccc(F)n1)[Si](C)(C)C.C[Si](C)(C)[C-](c1cccc(F)n1)[Si](C)(C)C.Cc1cccc(F)n1.[CH2-]CCC.[Cl][Cu].[Cu+].[Cu+].[Li+].[Li+]. The number of unbranched alkanes of at least 4 members (excludes halogenated alkanes) is 1. The van der Waals surface area contributed by atoms with E-state index in [2.05, 4.69) is 265 Å². The summed E-state index contributed by atoms with van der Waals surface area (Å²) in [4.78, 5) is 23.9. The van der Waals surface area contributed by atoms with Crippen molar-refractivity contribution >= 4 is 90.8 Å². The van der Waals surface area contributed by atoms with E-state index in [-0.39, 0.29) is 102 Å². The number of aryl methyl sites for hydroxylation is 1. The quantitative estimate of drug-likeness (QED) is 0.0367. The molecule has 0 amide bonds. The third-order valence-corrected chi connectivity index (χ3v) is 57.1. The molecule has 588 valence electrons. The zero-order valence-electron chi connectivity index (χ0n) is 70.2. The molecule has 6 heterocycles. The number of halogens is 7. The standard InChI is InChI=1S/2C12H22FNSi2.3C12H21FNSi2.C6H6FN.C4H10O.C4H9.ClH.3Cu.2Li/c5*1-15(2,3)12(16(4,5)6)10-8-7-9-11(13)14-10;1-5-3-2-4-6(7)8-5;1-3-5-4-2;1-3-4-2;;;;;;/h2*7-9,12H,1-6H3;3*7-9H,1-6H3;2-4H,1H3;3-4H2,1-2H3;1,3-4H2,2H3;1H;;;;;/q;;3*-1;;;-1;;5*+1/p-1. The third-order valence-electron chi connectivity index (χ3n) is 14.6. The van der Waals surface area contributed by atoms with Crippen molar-refractivity contribution in [2.75, 3.05) is 13.2 Å². The number of rotatable bonds is 18. The molecule has 0 saturated carbocycles. The van der Waals surface area contributed by atoms with E-state index in [1.807, 2.05) is 44.2 Å². The van der Waals surface area contributed by atoms with Crippen LogP contribution in [0.2, 0.25) is 196 Å². The normalized spacial score (nSPS) is 11.5. The molecule has 6 aromatic rings. The van der Waals surface area contributed by atoms with Crippen molar-refractivity contribution in [1.29, 1.82) is 0 Å². The minimum Gasteiger partial charge on any atom is 1.00 e. The van der Waals surface area contributed by atoms with Crippen LogP contribution < -0.4 is 37.7 Å². The van der Waals surface area contributed by atoms with Crippen LogP contribution in [0.4, 0.5) is 26.3 Å². The number of ether oxygens (including phenoxy) is 1. The maximum Gasteiger partial charge on any atom is 1.00 e. The van der Waals surface area contributed by atoms with Gasteiger partial charge in [0.1, 0.15) is 0 Å². The van der Waals surface area contributed by atoms with E-state index in [4.69, 9.17) is 4.74 Å². The van der Waals surface area contributed by atoms with Gasteiger partial charge in [-0.1, -0.05) is 245 Å². The fourth-order valence-electron chi connectivity index (χ4n) is 13.6. The fourth-order valence-corrected chi connectivity index (χ4v) is 71.0. The van der Waals surface area contributed by atoms with E-state index >= 15 is 0 Å². The maximum absolute atomic E-state index is 13.2. The summed E-state index contributed by atoms with van der Waals surface area (Å²) in [5.74, 6) is -2.22. The molecule has 0 unspecified atom stereocenters. The van der Waals surface area contributed by atoms with Gasteiger partial charge in [0.15, 0.2) is 0 Å². The minimum atomic E-state index is -1.44. The van der Waals surface area contributed by atoms with Crippen LogP contribution in [0.5, 0.6) is 0 Å². The van der Waals surface area contributed by atoms with Crippen molar-refractivity contribution in [2.45, 2.75) is 247 Å². The Morgan fingerprint density at radius 3 is 0.660 bits per heavy atom. The first-order valence-electron chi connectivity index (χ1n) is 34.6. The molecule has 29 heteroatoms. The first-order chi connectivity index (χ1) is 44.7. The molecular formula is C74H132ClCu3F6Li2N6OSi10. The van der Waals surface area contributed by atoms with Gasteiger partial charge in [-0.3, -0.25) is 15.0 Å². The van der Waals surface area contributed by atoms with Crippen molar-refractivity contribution in [3.05, 3.63) is 201 Å². The Bertz CT molecular complexity index is 2700. The summed E-state index contributed by atoms with van der Waals surface area (Å²) in [5, 5.41) is 5.39. The minimum absolute atomic E-state index is 0. The Morgan fingerprint density at radius 2 is 0.534 bits per heavy atom. The number of nitrogens with zero attached hydrogens (tertiary/aromatic N) is 6. The van der Waals surface area contributed by atoms with E-state index in [1.54, 1.807) is 49.4 Å². The summed E-state index contributed by atoms with van der Waals surface area (Å²) in [6.45, 7) is 83.0. The van der Waals surface area contributed by atoms with Crippen molar-refractivity contribution in [1.82, 2.24) is 29.9 Å². The van der Waals surface area contributed by atoms with Crippen LogP contribution >= 0.6 is 10.1 Å². The summed E-state index contributed by atoms with van der Waals surface area (Å²) in [7, 11) is -9.83. The first kappa shape index (κ1) is 116. The molecule has 103 heavy (non-hydrogen) atoms. The number of pyridine rings is 6. The molecule has 6 rings (SSSR count). The van der Waals surface area contributed by atoms with Gasteiger partial charge in [-0.15, -0.1) is 18.2 Å². The van der Waals surface area contributed by atoms with E-state index in [0.29, 0.717) is 16.0 Å². The summed E-state index contributed by atoms with van der Waals surface area (Å²) >= 11 is 3.66. The Kier molecular flexibility index (Phi) is 58.9. The molecule has 0 saturated heterocycles. The van der Waals surface area contributed by atoms with Gasteiger partial charge >= 0.3 is 97.1 Å². The molecule has 0 radical (unpaired) electrons. The van der Waals surface area contributed by atoms with Gasteiger partial charge in [-0.2, -0.15) is 66.5 Å². The largest absolute Gasteiger partial charge is 1.00 e. The predicted octanol–water partition coefficient (Wildman–Crippen LogP) is 18.7. The molecule has 7 nitrogen and oxygen atoms in total. The molecular weight excluding hydrogens is 1620 g/mol. The molecule has 0 N–H and O–H groups in total. The van der Waals surface area contributed by atoms with Gasteiger partial charge < -0.3 is 11.7 Å². The zero-order chi connectivity index (χ0) is 78.3. The average molecular weight is 1760 g/mol. The van der Waals surface area contributed by atoms with Gasteiger partial charge in [0.2, 0.25) is 35.7 Å². The topological polar surface area (TPSA) is 86.6 Å². The molecule has 0 bridgehead atoms. The second-order valence-corrected chi connectivity index (χ2v) is 88.9. The molecule has 0 aliphatic heterocycles. The van der Waals surface area contributed by atoms with Crippen LogP contribution in [0.15, 0.2) is 109 Å². The van der Waals surface area contributed by atoms with Crippen LogP contribution in [0.1, 0.15) is 78.1 Å². The molecule has 0 aliphatic rings. The number of hydrogen-bond acceptors (Lipinski definition) is 7. The molecule has 0 aliphatic carbocycles. The molecule has 0 spiro atoms. The van der Waals surface area contributed by atoms with Crippen molar-refractivity contribution in [3.63, 3.8) is 0 Å². The van der Waals surface area contributed by atoms with Crippen molar-refractivity contribution < 1.29 is 118 Å². The predicted molar refractivity (Wildman–Crippen MR) is 444 cm³/mol. The number of aromatic nitrogens is 6. The Labute approximate surface area is 693 Å².